The highest BCUT2D eigenvalue weighted by atomic mass is 16.3. The van der Waals surface area contributed by atoms with E-state index < -0.39 is 0 Å². The normalized spacial score (nSPS) is 47.4. The van der Waals surface area contributed by atoms with Gasteiger partial charge in [-0.3, -0.25) is 4.90 Å². The van der Waals surface area contributed by atoms with Gasteiger partial charge in [0.1, 0.15) is 0 Å². The third-order valence-corrected chi connectivity index (χ3v) is 5.99. The van der Waals surface area contributed by atoms with E-state index >= 15 is 0 Å². The van der Waals surface area contributed by atoms with Crippen molar-refractivity contribution in [1.29, 1.82) is 0 Å². The fourth-order valence-corrected chi connectivity index (χ4v) is 4.97. The van der Waals surface area contributed by atoms with Crippen LogP contribution in [0.4, 0.5) is 0 Å². The van der Waals surface area contributed by atoms with E-state index in [1.54, 1.807) is 0 Å². The Labute approximate surface area is 99.0 Å². The molecule has 3 aliphatic rings. The van der Waals surface area contributed by atoms with E-state index in [0.29, 0.717) is 5.41 Å². The summed E-state index contributed by atoms with van der Waals surface area (Å²) in [4.78, 5) is 2.65. The molecule has 3 rings (SSSR count). The summed E-state index contributed by atoms with van der Waals surface area (Å²) < 4.78 is 0. The Bertz CT molecular complexity index is 282. The quantitative estimate of drug-likeness (QED) is 0.738. The van der Waals surface area contributed by atoms with Gasteiger partial charge in [0.05, 0.1) is 11.6 Å². The van der Waals surface area contributed by atoms with Crippen LogP contribution in [0.15, 0.2) is 0 Å². The van der Waals surface area contributed by atoms with Gasteiger partial charge < -0.3 is 5.11 Å². The topological polar surface area (TPSA) is 23.5 Å². The average molecular weight is 223 g/mol. The molecule has 1 saturated heterocycles. The molecule has 92 valence electrons. The minimum atomic E-state index is -0.0700. The van der Waals surface area contributed by atoms with E-state index in [2.05, 4.69) is 18.7 Å². The van der Waals surface area contributed by atoms with E-state index in [1.807, 2.05) is 0 Å². The monoisotopic (exact) mass is 223 g/mol. The zero-order chi connectivity index (χ0) is 11.4. The van der Waals surface area contributed by atoms with Crippen LogP contribution in [0.25, 0.3) is 0 Å². The standard InChI is InChI=1S/C14H25NO/c1-13(2)11-6-7-14(13,12(16)10-11)15-8-4-3-5-9-15/h11-12,16H,3-10H2,1-2H3. The lowest BCUT2D eigenvalue weighted by Crippen LogP contribution is -2.60. The van der Waals surface area contributed by atoms with E-state index in [0.717, 1.165) is 12.3 Å². The van der Waals surface area contributed by atoms with Crippen molar-refractivity contribution in [2.45, 2.75) is 64.0 Å². The van der Waals surface area contributed by atoms with Gasteiger partial charge in [0.25, 0.3) is 0 Å². The first-order valence-electron chi connectivity index (χ1n) is 7.02. The molecule has 0 aromatic heterocycles. The minimum Gasteiger partial charge on any atom is -0.391 e. The lowest BCUT2D eigenvalue weighted by Gasteiger charge is -2.50. The van der Waals surface area contributed by atoms with Gasteiger partial charge in [-0.2, -0.15) is 0 Å². The largest absolute Gasteiger partial charge is 0.391 e. The Morgan fingerprint density at radius 3 is 2.31 bits per heavy atom. The van der Waals surface area contributed by atoms with Crippen LogP contribution in [0.5, 0.6) is 0 Å². The second kappa shape index (κ2) is 3.46. The molecule has 2 aliphatic carbocycles. The maximum absolute atomic E-state index is 10.5. The molecule has 2 bridgehead atoms. The van der Waals surface area contributed by atoms with Crippen LogP contribution in [0.2, 0.25) is 0 Å². The number of aliphatic hydroxyl groups excluding tert-OH is 1. The maximum atomic E-state index is 10.5. The highest BCUT2D eigenvalue weighted by Crippen LogP contribution is 2.62. The Morgan fingerprint density at radius 2 is 1.81 bits per heavy atom. The van der Waals surface area contributed by atoms with Crippen molar-refractivity contribution < 1.29 is 5.11 Å². The molecule has 16 heavy (non-hydrogen) atoms. The molecule has 2 saturated carbocycles. The van der Waals surface area contributed by atoms with Crippen molar-refractivity contribution in [3.05, 3.63) is 0 Å². The predicted molar refractivity (Wildman–Crippen MR) is 65.3 cm³/mol. The molecule has 1 N–H and O–H groups in total. The molecular formula is C14H25NO. The summed E-state index contributed by atoms with van der Waals surface area (Å²) in [6.45, 7) is 7.23. The van der Waals surface area contributed by atoms with E-state index in [-0.39, 0.29) is 11.6 Å². The van der Waals surface area contributed by atoms with Crippen LogP contribution in [0, 0.1) is 11.3 Å². The highest BCUT2D eigenvalue weighted by Gasteiger charge is 2.66. The second-order valence-electron chi connectivity index (χ2n) is 6.68. The molecule has 0 spiro atoms. The van der Waals surface area contributed by atoms with Crippen molar-refractivity contribution >= 4 is 0 Å². The summed E-state index contributed by atoms with van der Waals surface area (Å²) in [6.07, 6.45) is 7.58. The highest BCUT2D eigenvalue weighted by molar-refractivity contribution is 5.19. The van der Waals surface area contributed by atoms with Crippen LogP contribution in [0.1, 0.15) is 52.4 Å². The summed E-state index contributed by atoms with van der Waals surface area (Å²) in [6, 6.07) is 0. The molecule has 3 atom stereocenters. The Morgan fingerprint density at radius 1 is 1.12 bits per heavy atom. The second-order valence-corrected chi connectivity index (χ2v) is 6.68. The lowest BCUT2D eigenvalue weighted by atomic mass is 9.73. The minimum absolute atomic E-state index is 0.0700. The molecule has 2 heteroatoms. The maximum Gasteiger partial charge on any atom is 0.0732 e. The van der Waals surface area contributed by atoms with Crippen LogP contribution in [-0.4, -0.2) is 34.7 Å². The van der Waals surface area contributed by atoms with Gasteiger partial charge >= 0.3 is 0 Å². The Balaban J connectivity index is 1.94. The first-order valence-corrected chi connectivity index (χ1v) is 7.02. The average Bonchev–Trinajstić information content (AvgIpc) is 2.64. The number of fused-ring (bicyclic) bond motifs is 2. The molecule has 0 aromatic carbocycles. The summed E-state index contributed by atoms with van der Waals surface area (Å²) >= 11 is 0. The zero-order valence-corrected chi connectivity index (χ0v) is 10.7. The van der Waals surface area contributed by atoms with Gasteiger partial charge in [-0.1, -0.05) is 20.3 Å². The fraction of sp³-hybridized carbons (Fsp3) is 1.00. The number of rotatable bonds is 1. The first kappa shape index (κ1) is 11.0. The third-order valence-electron chi connectivity index (χ3n) is 5.99. The van der Waals surface area contributed by atoms with Crippen LogP contribution >= 0.6 is 0 Å². The van der Waals surface area contributed by atoms with Crippen molar-refractivity contribution in [2.75, 3.05) is 13.1 Å². The van der Waals surface area contributed by atoms with E-state index in [9.17, 15) is 5.11 Å². The van der Waals surface area contributed by atoms with Gasteiger partial charge in [-0.15, -0.1) is 0 Å². The van der Waals surface area contributed by atoms with Crippen LogP contribution in [-0.2, 0) is 0 Å². The SMILES string of the molecule is CC1(C)C2CCC1(N1CCCCC1)C(O)C2. The first-order chi connectivity index (χ1) is 7.59. The van der Waals surface area contributed by atoms with Gasteiger partial charge in [0, 0.05) is 0 Å². The molecule has 3 unspecified atom stereocenters. The summed E-state index contributed by atoms with van der Waals surface area (Å²) in [5, 5.41) is 10.5. The summed E-state index contributed by atoms with van der Waals surface area (Å²) in [5.41, 5.74) is 0.446. The van der Waals surface area contributed by atoms with Crippen molar-refractivity contribution in [2.24, 2.45) is 11.3 Å². The van der Waals surface area contributed by atoms with Crippen molar-refractivity contribution in [1.82, 2.24) is 4.90 Å². The number of piperidine rings is 1. The Kier molecular flexibility index (Phi) is 2.38. The third kappa shape index (κ3) is 1.15. The zero-order valence-electron chi connectivity index (χ0n) is 10.7. The van der Waals surface area contributed by atoms with Gasteiger partial charge in [-0.25, -0.2) is 0 Å². The molecule has 3 fully saturated rings. The molecule has 2 nitrogen and oxygen atoms in total. The van der Waals surface area contributed by atoms with Crippen LogP contribution in [0.3, 0.4) is 0 Å². The lowest BCUT2D eigenvalue weighted by molar-refractivity contribution is -0.0674. The summed E-state index contributed by atoms with van der Waals surface area (Å²) in [5.74, 6) is 0.754. The molecular weight excluding hydrogens is 198 g/mol. The molecule has 0 radical (unpaired) electrons. The molecule has 0 amide bonds. The van der Waals surface area contributed by atoms with E-state index in [4.69, 9.17) is 0 Å². The number of likely N-dealkylation sites (tertiary alicyclic amines) is 1. The molecule has 1 aliphatic heterocycles. The number of aliphatic hydroxyl groups is 1. The van der Waals surface area contributed by atoms with Gasteiger partial charge in [0.2, 0.25) is 0 Å². The van der Waals surface area contributed by atoms with E-state index in [1.165, 1.54) is 45.2 Å². The summed E-state index contributed by atoms with van der Waals surface area (Å²) in [7, 11) is 0. The number of hydrogen-bond acceptors (Lipinski definition) is 2. The fourth-order valence-electron chi connectivity index (χ4n) is 4.97. The van der Waals surface area contributed by atoms with Crippen molar-refractivity contribution in [3.63, 3.8) is 0 Å². The molecule has 1 heterocycles. The van der Waals surface area contributed by atoms with Crippen LogP contribution < -0.4 is 0 Å². The number of nitrogens with zero attached hydrogens (tertiary/aromatic N) is 1. The Hall–Kier alpha value is -0.0800. The number of hydrogen-bond donors (Lipinski definition) is 1. The van der Waals surface area contributed by atoms with Gasteiger partial charge in [0.15, 0.2) is 0 Å². The van der Waals surface area contributed by atoms with Crippen molar-refractivity contribution in [3.8, 4) is 0 Å². The smallest absolute Gasteiger partial charge is 0.0732 e. The molecule has 0 aromatic rings. The van der Waals surface area contributed by atoms with Gasteiger partial charge in [-0.05, 0) is 56.5 Å². The predicted octanol–water partition coefficient (Wildman–Crippen LogP) is 2.41.